The summed E-state index contributed by atoms with van der Waals surface area (Å²) >= 11 is 0. The zero-order chi connectivity index (χ0) is 12.3. The Hall–Kier alpha value is -1.75. The monoisotopic (exact) mass is 204 g/mol. The molecular formula is C13H20N2. The van der Waals surface area contributed by atoms with E-state index in [1.54, 1.807) is 18.2 Å². The molecule has 82 valence electrons. The van der Waals surface area contributed by atoms with Crippen molar-refractivity contribution in [1.29, 1.82) is 5.41 Å². The largest absolute Gasteiger partial charge is 0.398 e. The van der Waals surface area contributed by atoms with Gasteiger partial charge in [0, 0.05) is 23.0 Å². The molecule has 0 amide bonds. The number of terminal acetylenes is 1. The van der Waals surface area contributed by atoms with Crippen LogP contribution in [0.5, 0.6) is 0 Å². The number of hydrogen-bond donors (Lipinski definition) is 2. The van der Waals surface area contributed by atoms with Gasteiger partial charge in [0.25, 0.3) is 0 Å². The van der Waals surface area contributed by atoms with Crippen LogP contribution < -0.4 is 5.73 Å². The molecular weight excluding hydrogens is 184 g/mol. The Kier molecular flexibility index (Phi) is 10.8. The van der Waals surface area contributed by atoms with Gasteiger partial charge in [0.15, 0.2) is 0 Å². The van der Waals surface area contributed by atoms with Gasteiger partial charge in [-0.05, 0) is 18.2 Å². The molecule has 0 fully saturated rings. The fourth-order valence-electron chi connectivity index (χ4n) is 0.790. The second kappa shape index (κ2) is 10.3. The van der Waals surface area contributed by atoms with Crippen molar-refractivity contribution in [3.05, 3.63) is 29.3 Å². The zero-order valence-corrected chi connectivity index (χ0v) is 9.96. The molecule has 0 atom stereocenters. The number of anilines is 1. The second-order valence-electron chi connectivity index (χ2n) is 2.13. The Bertz CT molecular complexity index is 322. The maximum atomic E-state index is 6.98. The average Bonchev–Trinajstić information content (AvgIpc) is 2.35. The molecule has 1 aromatic rings. The molecule has 0 saturated heterocycles. The van der Waals surface area contributed by atoms with Crippen LogP contribution in [-0.4, -0.2) is 6.21 Å². The molecule has 3 N–H and O–H groups in total. The minimum atomic E-state index is 0.582. The van der Waals surface area contributed by atoms with Gasteiger partial charge in [-0.25, -0.2) is 0 Å². The lowest BCUT2D eigenvalue weighted by Gasteiger charge is -1.98. The second-order valence-corrected chi connectivity index (χ2v) is 2.13. The van der Waals surface area contributed by atoms with Crippen LogP contribution in [0.4, 0.5) is 5.69 Å². The standard InChI is InChI=1S/C9H8N2.2C2H6/c1-2-7-3-4-9(11)8(5-7)6-10;2*1-2/h1,3-6,10H,11H2;2*1-2H3. The van der Waals surface area contributed by atoms with Gasteiger partial charge in [-0.1, -0.05) is 33.6 Å². The van der Waals surface area contributed by atoms with Crippen LogP contribution in [-0.2, 0) is 0 Å². The maximum absolute atomic E-state index is 6.98. The quantitative estimate of drug-likeness (QED) is 0.411. The minimum Gasteiger partial charge on any atom is -0.398 e. The van der Waals surface area contributed by atoms with Crippen LogP contribution in [0.2, 0.25) is 0 Å². The smallest absolute Gasteiger partial charge is 0.0403 e. The molecule has 0 heterocycles. The Morgan fingerprint density at radius 2 is 1.80 bits per heavy atom. The zero-order valence-electron chi connectivity index (χ0n) is 9.96. The molecule has 2 heteroatoms. The fraction of sp³-hybridized carbons (Fsp3) is 0.308. The summed E-state index contributed by atoms with van der Waals surface area (Å²) in [6, 6.07) is 5.17. The molecule has 0 spiro atoms. The van der Waals surface area contributed by atoms with Crippen LogP contribution in [0, 0.1) is 17.8 Å². The van der Waals surface area contributed by atoms with Gasteiger partial charge in [-0.15, -0.1) is 6.42 Å². The van der Waals surface area contributed by atoms with E-state index in [4.69, 9.17) is 17.6 Å². The number of nitrogens with two attached hydrogens (primary N) is 1. The van der Waals surface area contributed by atoms with Crippen LogP contribution in [0.25, 0.3) is 0 Å². The first-order valence-corrected chi connectivity index (χ1v) is 5.14. The molecule has 0 unspecified atom stereocenters. The summed E-state index contributed by atoms with van der Waals surface area (Å²) in [6.45, 7) is 8.00. The third kappa shape index (κ3) is 5.53. The summed E-state index contributed by atoms with van der Waals surface area (Å²) in [4.78, 5) is 0. The van der Waals surface area contributed by atoms with E-state index in [1.165, 1.54) is 6.21 Å². The highest BCUT2D eigenvalue weighted by molar-refractivity contribution is 5.85. The molecule has 0 bridgehead atoms. The average molecular weight is 204 g/mol. The number of hydrogen-bond acceptors (Lipinski definition) is 2. The van der Waals surface area contributed by atoms with Crippen molar-refractivity contribution >= 4 is 11.9 Å². The van der Waals surface area contributed by atoms with Gasteiger partial charge in [-0.2, -0.15) is 0 Å². The lowest BCUT2D eigenvalue weighted by molar-refractivity contribution is 1.50. The third-order valence-corrected chi connectivity index (χ3v) is 1.41. The molecule has 2 nitrogen and oxygen atoms in total. The summed E-state index contributed by atoms with van der Waals surface area (Å²) in [5.41, 5.74) is 7.53. The van der Waals surface area contributed by atoms with Crippen LogP contribution >= 0.6 is 0 Å². The molecule has 0 radical (unpaired) electrons. The first-order chi connectivity index (χ1) is 7.27. The molecule has 1 aromatic carbocycles. The Morgan fingerprint density at radius 3 is 2.20 bits per heavy atom. The van der Waals surface area contributed by atoms with Crippen molar-refractivity contribution in [2.45, 2.75) is 27.7 Å². The summed E-state index contributed by atoms with van der Waals surface area (Å²) in [5, 5.41) is 6.98. The van der Waals surface area contributed by atoms with Crippen molar-refractivity contribution in [2.75, 3.05) is 5.73 Å². The van der Waals surface area contributed by atoms with E-state index in [0.29, 0.717) is 11.3 Å². The van der Waals surface area contributed by atoms with Crippen LogP contribution in [0.3, 0.4) is 0 Å². The van der Waals surface area contributed by atoms with Gasteiger partial charge >= 0.3 is 0 Å². The van der Waals surface area contributed by atoms with E-state index in [0.717, 1.165) is 5.56 Å². The SMILES string of the molecule is C#Cc1ccc(N)c(C=N)c1.CC.CC. The van der Waals surface area contributed by atoms with E-state index in [9.17, 15) is 0 Å². The molecule has 0 aromatic heterocycles. The predicted octanol–water partition coefficient (Wildman–Crippen LogP) is 3.30. The Labute approximate surface area is 93.0 Å². The Morgan fingerprint density at radius 1 is 1.27 bits per heavy atom. The molecule has 0 aliphatic rings. The maximum Gasteiger partial charge on any atom is 0.0403 e. The summed E-state index contributed by atoms with van der Waals surface area (Å²) in [6.07, 6.45) is 6.35. The highest BCUT2D eigenvalue weighted by Gasteiger charge is 1.94. The molecule has 1 rings (SSSR count). The first kappa shape index (κ1) is 15.7. The van der Waals surface area contributed by atoms with Crippen LogP contribution in [0.1, 0.15) is 38.8 Å². The van der Waals surface area contributed by atoms with E-state index in [1.807, 2.05) is 27.7 Å². The first-order valence-electron chi connectivity index (χ1n) is 5.14. The molecule has 15 heavy (non-hydrogen) atoms. The van der Waals surface area contributed by atoms with Crippen molar-refractivity contribution in [1.82, 2.24) is 0 Å². The predicted molar refractivity (Wildman–Crippen MR) is 69.4 cm³/mol. The normalized spacial score (nSPS) is 7.13. The van der Waals surface area contributed by atoms with Gasteiger partial charge in [0.2, 0.25) is 0 Å². The lowest BCUT2D eigenvalue weighted by atomic mass is 10.1. The van der Waals surface area contributed by atoms with E-state index in [2.05, 4.69) is 5.92 Å². The Balaban J connectivity index is 0. The van der Waals surface area contributed by atoms with Gasteiger partial charge < -0.3 is 11.1 Å². The molecule has 0 aliphatic heterocycles. The van der Waals surface area contributed by atoms with Gasteiger partial charge in [0.05, 0.1) is 0 Å². The topological polar surface area (TPSA) is 49.9 Å². The highest BCUT2D eigenvalue weighted by atomic mass is 14.6. The van der Waals surface area contributed by atoms with Crippen molar-refractivity contribution < 1.29 is 0 Å². The van der Waals surface area contributed by atoms with Gasteiger partial charge in [0.1, 0.15) is 0 Å². The number of rotatable bonds is 1. The molecule has 0 saturated carbocycles. The van der Waals surface area contributed by atoms with Crippen molar-refractivity contribution in [3.63, 3.8) is 0 Å². The number of benzene rings is 1. The number of nitrogen functional groups attached to an aromatic ring is 1. The highest BCUT2D eigenvalue weighted by Crippen LogP contribution is 2.10. The van der Waals surface area contributed by atoms with Gasteiger partial charge in [-0.3, -0.25) is 0 Å². The minimum absolute atomic E-state index is 0.582. The van der Waals surface area contributed by atoms with Crippen LogP contribution in [0.15, 0.2) is 18.2 Å². The van der Waals surface area contributed by atoms with Crippen molar-refractivity contribution in [2.24, 2.45) is 0 Å². The van der Waals surface area contributed by atoms with E-state index >= 15 is 0 Å². The summed E-state index contributed by atoms with van der Waals surface area (Å²) in [7, 11) is 0. The number of nitrogens with one attached hydrogen (secondary N) is 1. The fourth-order valence-corrected chi connectivity index (χ4v) is 0.790. The summed E-state index contributed by atoms with van der Waals surface area (Å²) in [5.74, 6) is 2.47. The molecule has 0 aliphatic carbocycles. The summed E-state index contributed by atoms with van der Waals surface area (Å²) < 4.78 is 0. The van der Waals surface area contributed by atoms with E-state index in [-0.39, 0.29) is 0 Å². The third-order valence-electron chi connectivity index (χ3n) is 1.41. The van der Waals surface area contributed by atoms with Crippen molar-refractivity contribution in [3.8, 4) is 12.3 Å². The lowest BCUT2D eigenvalue weighted by Crippen LogP contribution is -1.92. The van der Waals surface area contributed by atoms with E-state index < -0.39 is 0 Å².